The largest absolute Gasteiger partial charge is 0.493 e. The van der Waals surface area contributed by atoms with E-state index in [0.29, 0.717) is 24.5 Å². The molecule has 5 heteroatoms. The molecule has 2 aromatic rings. The molecule has 2 unspecified atom stereocenters. The molecule has 0 heterocycles. The van der Waals surface area contributed by atoms with E-state index in [-0.39, 0.29) is 17.9 Å². The fourth-order valence-corrected chi connectivity index (χ4v) is 3.12. The lowest BCUT2D eigenvalue weighted by Crippen LogP contribution is -2.35. The van der Waals surface area contributed by atoms with Crippen LogP contribution in [0.5, 0.6) is 11.5 Å². The van der Waals surface area contributed by atoms with Crippen molar-refractivity contribution in [1.29, 1.82) is 0 Å². The van der Waals surface area contributed by atoms with Crippen LogP contribution >= 0.6 is 0 Å². The minimum absolute atomic E-state index is 0.0424. The molecule has 0 bridgehead atoms. The monoisotopic (exact) mass is 370 g/mol. The van der Waals surface area contributed by atoms with Crippen molar-refractivity contribution in [3.63, 3.8) is 0 Å². The predicted octanol–water partition coefficient (Wildman–Crippen LogP) is 3.62. The predicted molar refractivity (Wildman–Crippen MR) is 108 cm³/mol. The molecule has 2 aromatic carbocycles. The van der Waals surface area contributed by atoms with Gasteiger partial charge in [-0.05, 0) is 43.3 Å². The average molecular weight is 370 g/mol. The van der Waals surface area contributed by atoms with Crippen LogP contribution < -0.4 is 14.8 Å². The molecule has 146 valence electrons. The maximum Gasteiger partial charge on any atom is 0.220 e. The topological polar surface area (TPSA) is 50.8 Å². The Hall–Kier alpha value is -2.53. The summed E-state index contributed by atoms with van der Waals surface area (Å²) in [6.45, 7) is 2.61. The molecule has 0 radical (unpaired) electrons. The summed E-state index contributed by atoms with van der Waals surface area (Å²) in [5.41, 5.74) is 2.24. The molecule has 0 aliphatic heterocycles. The molecule has 0 spiro atoms. The number of amides is 1. The van der Waals surface area contributed by atoms with E-state index in [1.807, 2.05) is 50.5 Å². The van der Waals surface area contributed by atoms with Gasteiger partial charge in [-0.25, -0.2) is 0 Å². The SMILES string of the molecule is COc1ccc(C(CNC(=O)CC(C)c2ccccc2)N(C)C)cc1OC. The smallest absolute Gasteiger partial charge is 0.220 e. The Balaban J connectivity index is 2.01. The zero-order chi connectivity index (χ0) is 19.8. The van der Waals surface area contributed by atoms with Gasteiger partial charge in [0.05, 0.1) is 20.3 Å². The zero-order valence-corrected chi connectivity index (χ0v) is 16.9. The first-order chi connectivity index (χ1) is 13.0. The molecule has 27 heavy (non-hydrogen) atoms. The zero-order valence-electron chi connectivity index (χ0n) is 16.9. The first-order valence-corrected chi connectivity index (χ1v) is 9.16. The number of nitrogens with one attached hydrogen (secondary N) is 1. The summed E-state index contributed by atoms with van der Waals surface area (Å²) in [5, 5.41) is 3.08. The summed E-state index contributed by atoms with van der Waals surface area (Å²) in [7, 11) is 7.24. The van der Waals surface area contributed by atoms with Gasteiger partial charge in [-0.15, -0.1) is 0 Å². The normalized spacial score (nSPS) is 13.1. The van der Waals surface area contributed by atoms with Crippen LogP contribution in [0.25, 0.3) is 0 Å². The number of carbonyl (C=O) groups is 1. The van der Waals surface area contributed by atoms with Crippen LogP contribution in [0.2, 0.25) is 0 Å². The summed E-state index contributed by atoms with van der Waals surface area (Å²) in [4.78, 5) is 14.5. The Kier molecular flexibility index (Phi) is 7.67. The van der Waals surface area contributed by atoms with Gasteiger partial charge in [0.2, 0.25) is 5.91 Å². The van der Waals surface area contributed by atoms with Crippen molar-refractivity contribution in [1.82, 2.24) is 10.2 Å². The summed E-state index contributed by atoms with van der Waals surface area (Å²) in [6.07, 6.45) is 0.468. The Morgan fingerprint density at radius 3 is 2.26 bits per heavy atom. The summed E-state index contributed by atoms with van der Waals surface area (Å²) < 4.78 is 10.7. The number of carbonyl (C=O) groups excluding carboxylic acids is 1. The Labute approximate surface area is 162 Å². The van der Waals surface area contributed by atoms with E-state index in [1.54, 1.807) is 14.2 Å². The van der Waals surface area contributed by atoms with Crippen LogP contribution in [0.1, 0.15) is 36.4 Å². The van der Waals surface area contributed by atoms with Gasteiger partial charge < -0.3 is 19.7 Å². The molecule has 1 N–H and O–H groups in total. The van der Waals surface area contributed by atoms with Crippen LogP contribution in [0.3, 0.4) is 0 Å². The third-order valence-electron chi connectivity index (χ3n) is 4.77. The second-order valence-corrected chi connectivity index (χ2v) is 6.91. The maximum atomic E-state index is 12.4. The van der Waals surface area contributed by atoms with Gasteiger partial charge >= 0.3 is 0 Å². The molecule has 2 atom stereocenters. The second kappa shape index (κ2) is 9.97. The summed E-state index contributed by atoms with van der Waals surface area (Å²) in [5.74, 6) is 1.62. The van der Waals surface area contributed by atoms with Crippen LogP contribution in [0, 0.1) is 0 Å². The second-order valence-electron chi connectivity index (χ2n) is 6.91. The Bertz CT molecular complexity index is 732. The summed E-state index contributed by atoms with van der Waals surface area (Å²) in [6, 6.07) is 16.0. The molecule has 0 aromatic heterocycles. The molecular weight excluding hydrogens is 340 g/mol. The van der Waals surface area contributed by atoms with Gasteiger partial charge in [-0.2, -0.15) is 0 Å². The molecule has 2 rings (SSSR count). The van der Waals surface area contributed by atoms with Gasteiger partial charge in [0.25, 0.3) is 0 Å². The minimum atomic E-state index is 0.0424. The average Bonchev–Trinajstić information content (AvgIpc) is 2.68. The van der Waals surface area contributed by atoms with Gasteiger partial charge in [0.1, 0.15) is 0 Å². The molecule has 0 fully saturated rings. The molecule has 0 saturated heterocycles. The first-order valence-electron chi connectivity index (χ1n) is 9.16. The maximum absolute atomic E-state index is 12.4. The lowest BCUT2D eigenvalue weighted by Gasteiger charge is -2.26. The van der Waals surface area contributed by atoms with Crippen LogP contribution in [-0.2, 0) is 4.79 Å². The van der Waals surface area contributed by atoms with E-state index < -0.39 is 0 Å². The number of rotatable bonds is 9. The van der Waals surface area contributed by atoms with E-state index in [4.69, 9.17) is 9.47 Å². The number of likely N-dealkylation sites (N-methyl/N-ethyl adjacent to an activating group) is 1. The van der Waals surface area contributed by atoms with E-state index in [2.05, 4.69) is 29.3 Å². The van der Waals surface area contributed by atoms with E-state index in [9.17, 15) is 4.79 Å². The number of methoxy groups -OCH3 is 2. The summed E-state index contributed by atoms with van der Waals surface area (Å²) >= 11 is 0. The highest BCUT2D eigenvalue weighted by molar-refractivity contribution is 5.76. The number of hydrogen-bond acceptors (Lipinski definition) is 4. The van der Waals surface area contributed by atoms with Gasteiger partial charge in [0, 0.05) is 13.0 Å². The van der Waals surface area contributed by atoms with Crippen molar-refractivity contribution in [2.45, 2.75) is 25.3 Å². The number of nitrogens with zero attached hydrogens (tertiary/aromatic N) is 1. The Morgan fingerprint density at radius 2 is 1.67 bits per heavy atom. The van der Waals surface area contributed by atoms with Crippen LogP contribution in [-0.4, -0.2) is 45.7 Å². The highest BCUT2D eigenvalue weighted by Crippen LogP contribution is 2.31. The fraction of sp³-hybridized carbons (Fsp3) is 0.409. The molecule has 0 aliphatic rings. The van der Waals surface area contributed by atoms with Crippen LogP contribution in [0.15, 0.2) is 48.5 Å². The van der Waals surface area contributed by atoms with Crippen molar-refractivity contribution in [3.8, 4) is 11.5 Å². The van der Waals surface area contributed by atoms with E-state index in [0.717, 1.165) is 5.56 Å². The quantitative estimate of drug-likeness (QED) is 0.732. The van der Waals surface area contributed by atoms with Crippen molar-refractivity contribution < 1.29 is 14.3 Å². The lowest BCUT2D eigenvalue weighted by molar-refractivity contribution is -0.121. The minimum Gasteiger partial charge on any atom is -0.493 e. The van der Waals surface area contributed by atoms with Crippen molar-refractivity contribution in [2.24, 2.45) is 0 Å². The third kappa shape index (κ3) is 5.73. The van der Waals surface area contributed by atoms with Gasteiger partial charge in [0.15, 0.2) is 11.5 Å². The third-order valence-corrected chi connectivity index (χ3v) is 4.77. The first kappa shape index (κ1) is 20.8. The lowest BCUT2D eigenvalue weighted by atomic mass is 9.97. The highest BCUT2D eigenvalue weighted by Gasteiger charge is 2.18. The molecule has 0 aliphatic carbocycles. The molecule has 0 saturated carbocycles. The van der Waals surface area contributed by atoms with Crippen molar-refractivity contribution in [3.05, 3.63) is 59.7 Å². The molecule has 1 amide bonds. The highest BCUT2D eigenvalue weighted by atomic mass is 16.5. The Morgan fingerprint density at radius 1 is 1.00 bits per heavy atom. The van der Waals surface area contributed by atoms with Gasteiger partial charge in [-0.3, -0.25) is 4.79 Å². The molecular formula is C22H30N2O3. The fourth-order valence-electron chi connectivity index (χ4n) is 3.12. The standard InChI is InChI=1S/C22H30N2O3/c1-16(17-9-7-6-8-10-17)13-22(25)23-15-19(24(2)3)18-11-12-20(26-4)21(14-18)27-5/h6-12,14,16,19H,13,15H2,1-5H3,(H,23,25). The van der Waals surface area contributed by atoms with Gasteiger partial charge in [-0.1, -0.05) is 43.3 Å². The van der Waals surface area contributed by atoms with E-state index in [1.165, 1.54) is 5.56 Å². The van der Waals surface area contributed by atoms with E-state index >= 15 is 0 Å². The van der Waals surface area contributed by atoms with Crippen molar-refractivity contribution in [2.75, 3.05) is 34.9 Å². The molecule has 5 nitrogen and oxygen atoms in total. The number of ether oxygens (including phenoxy) is 2. The van der Waals surface area contributed by atoms with Crippen LogP contribution in [0.4, 0.5) is 0 Å². The van der Waals surface area contributed by atoms with Crippen molar-refractivity contribution >= 4 is 5.91 Å². The number of hydrogen-bond donors (Lipinski definition) is 1. The number of benzene rings is 2.